The normalized spacial score (nSPS) is 16.0. The van der Waals surface area contributed by atoms with Crippen molar-refractivity contribution >= 4 is 11.5 Å². The first-order valence-corrected chi connectivity index (χ1v) is 11.2. The summed E-state index contributed by atoms with van der Waals surface area (Å²) in [5.74, 6) is 1.28. The Morgan fingerprint density at radius 3 is 2.73 bits per heavy atom. The summed E-state index contributed by atoms with van der Waals surface area (Å²) in [6.07, 6.45) is 1.92. The molecule has 0 saturated carbocycles. The van der Waals surface area contributed by atoms with Gasteiger partial charge in [-0.25, -0.2) is 13.9 Å². The first-order chi connectivity index (χ1) is 16.0. The zero-order valence-electron chi connectivity index (χ0n) is 19.0. The molecule has 1 N–H and O–H groups in total. The van der Waals surface area contributed by atoms with Gasteiger partial charge in [-0.1, -0.05) is 24.3 Å². The summed E-state index contributed by atoms with van der Waals surface area (Å²) in [6, 6.07) is 15.1. The first-order valence-electron chi connectivity index (χ1n) is 11.2. The van der Waals surface area contributed by atoms with Crippen LogP contribution >= 0.6 is 0 Å². The minimum absolute atomic E-state index is 0.0300. The van der Waals surface area contributed by atoms with Crippen LogP contribution < -0.4 is 9.64 Å². The molecule has 5 rings (SSSR count). The molecule has 6 nitrogen and oxygen atoms in total. The standard InChI is InChI=1S/C26H27FN4O2/c1-16-9-10-19(13-22(16)27)25-17(2)29-31-23(18-6-4-8-21(12-18)33-3)14-24(28-26(25)31)30-11-5-7-20(30)15-32/h4,6,8-10,12-14,20,32H,5,7,11,15H2,1-3H3. The SMILES string of the molecule is COc1cccc(-c2cc(N3CCCC3CO)nc3c(-c4ccc(C)c(F)c4)c(C)nn23)c1. The summed E-state index contributed by atoms with van der Waals surface area (Å²) in [7, 11) is 1.64. The molecular formula is C26H27FN4O2. The Labute approximate surface area is 192 Å². The number of aromatic nitrogens is 3. The van der Waals surface area contributed by atoms with Crippen molar-refractivity contribution in [3.8, 4) is 28.1 Å². The van der Waals surface area contributed by atoms with Crippen LogP contribution in [0.1, 0.15) is 24.1 Å². The molecule has 0 amide bonds. The molecule has 0 bridgehead atoms. The molecule has 1 atom stereocenters. The van der Waals surface area contributed by atoms with Crippen LogP contribution in [-0.2, 0) is 0 Å². The van der Waals surface area contributed by atoms with Crippen LogP contribution in [0.25, 0.3) is 28.0 Å². The lowest BCUT2D eigenvalue weighted by atomic mass is 10.0. The maximum Gasteiger partial charge on any atom is 0.166 e. The van der Waals surface area contributed by atoms with E-state index in [1.54, 1.807) is 26.2 Å². The third-order valence-corrected chi connectivity index (χ3v) is 6.46. The van der Waals surface area contributed by atoms with Gasteiger partial charge in [-0.3, -0.25) is 0 Å². The molecule has 7 heteroatoms. The van der Waals surface area contributed by atoms with Crippen LogP contribution in [0.5, 0.6) is 5.75 Å². The number of ether oxygens (including phenoxy) is 1. The van der Waals surface area contributed by atoms with Crippen molar-refractivity contribution in [3.63, 3.8) is 0 Å². The highest BCUT2D eigenvalue weighted by Crippen LogP contribution is 2.35. The largest absolute Gasteiger partial charge is 0.497 e. The number of aliphatic hydroxyl groups is 1. The number of rotatable bonds is 5. The Bertz CT molecular complexity index is 1330. The maximum atomic E-state index is 14.5. The fourth-order valence-corrected chi connectivity index (χ4v) is 4.66. The second kappa shape index (κ2) is 8.48. The van der Waals surface area contributed by atoms with E-state index in [-0.39, 0.29) is 18.5 Å². The van der Waals surface area contributed by atoms with Crippen molar-refractivity contribution in [2.45, 2.75) is 32.7 Å². The quantitative estimate of drug-likeness (QED) is 0.478. The highest BCUT2D eigenvalue weighted by Gasteiger charge is 2.27. The molecule has 2 aromatic heterocycles. The molecule has 0 radical (unpaired) electrons. The lowest BCUT2D eigenvalue weighted by Gasteiger charge is -2.25. The van der Waals surface area contributed by atoms with Gasteiger partial charge >= 0.3 is 0 Å². The summed E-state index contributed by atoms with van der Waals surface area (Å²) < 4.78 is 21.7. The van der Waals surface area contributed by atoms with Crippen molar-refractivity contribution < 1.29 is 14.2 Å². The third kappa shape index (κ3) is 3.72. The van der Waals surface area contributed by atoms with Crippen LogP contribution in [-0.4, -0.2) is 46.0 Å². The number of fused-ring (bicyclic) bond motifs is 1. The molecule has 0 spiro atoms. The monoisotopic (exact) mass is 446 g/mol. The summed E-state index contributed by atoms with van der Waals surface area (Å²) in [4.78, 5) is 7.15. The molecule has 3 heterocycles. The van der Waals surface area contributed by atoms with Gasteiger partial charge in [-0.05, 0) is 56.0 Å². The van der Waals surface area contributed by atoms with E-state index in [1.807, 2.05) is 47.8 Å². The van der Waals surface area contributed by atoms with Gasteiger partial charge in [-0.15, -0.1) is 0 Å². The Hall–Kier alpha value is -3.45. The number of hydrogen-bond acceptors (Lipinski definition) is 5. The van der Waals surface area contributed by atoms with E-state index in [4.69, 9.17) is 14.8 Å². The Morgan fingerprint density at radius 2 is 1.97 bits per heavy atom. The number of aryl methyl sites for hydroxylation is 2. The molecule has 1 saturated heterocycles. The predicted octanol–water partition coefficient (Wildman–Crippen LogP) is 4.79. The lowest BCUT2D eigenvalue weighted by Crippen LogP contribution is -2.32. The van der Waals surface area contributed by atoms with Gasteiger partial charge in [0.2, 0.25) is 0 Å². The Kier molecular flexibility index (Phi) is 5.50. The molecule has 1 aliphatic heterocycles. The third-order valence-electron chi connectivity index (χ3n) is 6.46. The highest BCUT2D eigenvalue weighted by molar-refractivity contribution is 5.83. The number of methoxy groups -OCH3 is 1. The Balaban J connectivity index is 1.79. The van der Waals surface area contributed by atoms with E-state index in [9.17, 15) is 9.50 Å². The van der Waals surface area contributed by atoms with Crippen LogP contribution in [0.15, 0.2) is 48.5 Å². The van der Waals surface area contributed by atoms with Crippen LogP contribution in [0.3, 0.4) is 0 Å². The molecule has 4 aromatic rings. The average molecular weight is 447 g/mol. The number of nitrogens with zero attached hydrogens (tertiary/aromatic N) is 4. The molecule has 1 unspecified atom stereocenters. The minimum Gasteiger partial charge on any atom is -0.497 e. The van der Waals surface area contributed by atoms with Crippen LogP contribution in [0, 0.1) is 19.7 Å². The van der Waals surface area contributed by atoms with Gasteiger partial charge in [0.25, 0.3) is 0 Å². The van der Waals surface area contributed by atoms with E-state index in [0.717, 1.165) is 59.0 Å². The average Bonchev–Trinajstić information content (AvgIpc) is 3.44. The van der Waals surface area contributed by atoms with E-state index in [0.29, 0.717) is 11.2 Å². The summed E-state index contributed by atoms with van der Waals surface area (Å²) in [6.45, 7) is 4.58. The Morgan fingerprint density at radius 1 is 1.12 bits per heavy atom. The topological polar surface area (TPSA) is 62.9 Å². The second-order valence-electron chi connectivity index (χ2n) is 8.56. The van der Waals surface area contributed by atoms with E-state index < -0.39 is 0 Å². The summed E-state index contributed by atoms with van der Waals surface area (Å²) >= 11 is 0. The van der Waals surface area contributed by atoms with Crippen molar-refractivity contribution in [1.82, 2.24) is 14.6 Å². The zero-order valence-corrected chi connectivity index (χ0v) is 19.0. The second-order valence-corrected chi connectivity index (χ2v) is 8.56. The van der Waals surface area contributed by atoms with E-state index in [1.165, 1.54) is 0 Å². The maximum absolute atomic E-state index is 14.5. The number of aliphatic hydroxyl groups excluding tert-OH is 1. The molecule has 170 valence electrons. The van der Waals surface area contributed by atoms with Crippen molar-refractivity contribution in [1.29, 1.82) is 0 Å². The highest BCUT2D eigenvalue weighted by atomic mass is 19.1. The first kappa shape index (κ1) is 21.4. The fourth-order valence-electron chi connectivity index (χ4n) is 4.66. The van der Waals surface area contributed by atoms with Gasteiger partial charge in [0, 0.05) is 23.7 Å². The lowest BCUT2D eigenvalue weighted by molar-refractivity contribution is 0.266. The van der Waals surface area contributed by atoms with Gasteiger partial charge < -0.3 is 14.7 Å². The van der Waals surface area contributed by atoms with Crippen molar-refractivity contribution in [2.75, 3.05) is 25.2 Å². The molecule has 33 heavy (non-hydrogen) atoms. The number of benzene rings is 2. The van der Waals surface area contributed by atoms with Crippen molar-refractivity contribution in [2.24, 2.45) is 0 Å². The predicted molar refractivity (Wildman–Crippen MR) is 127 cm³/mol. The number of anilines is 1. The van der Waals surface area contributed by atoms with Crippen LogP contribution in [0.4, 0.5) is 10.2 Å². The van der Waals surface area contributed by atoms with Gasteiger partial charge in [-0.2, -0.15) is 5.10 Å². The number of hydrogen-bond donors (Lipinski definition) is 1. The van der Waals surface area contributed by atoms with Gasteiger partial charge in [0.05, 0.1) is 31.1 Å². The fraction of sp³-hybridized carbons (Fsp3) is 0.308. The molecule has 0 aliphatic carbocycles. The zero-order chi connectivity index (χ0) is 23.1. The van der Waals surface area contributed by atoms with Crippen LogP contribution in [0.2, 0.25) is 0 Å². The van der Waals surface area contributed by atoms with E-state index in [2.05, 4.69) is 4.90 Å². The van der Waals surface area contributed by atoms with Gasteiger partial charge in [0.1, 0.15) is 17.4 Å². The number of halogens is 1. The smallest absolute Gasteiger partial charge is 0.166 e. The van der Waals surface area contributed by atoms with Gasteiger partial charge in [0.15, 0.2) is 5.65 Å². The molecular weight excluding hydrogens is 419 g/mol. The minimum atomic E-state index is -0.254. The summed E-state index contributed by atoms with van der Waals surface area (Å²) in [5.41, 5.74) is 5.38. The molecule has 1 fully saturated rings. The summed E-state index contributed by atoms with van der Waals surface area (Å²) in [5, 5.41) is 14.7. The molecule has 2 aromatic carbocycles. The van der Waals surface area contributed by atoms with E-state index >= 15 is 0 Å². The molecule has 1 aliphatic rings. The van der Waals surface area contributed by atoms with Crippen molar-refractivity contribution in [3.05, 3.63) is 65.6 Å².